The van der Waals surface area contributed by atoms with Gasteiger partial charge in [-0.1, -0.05) is 32.4 Å². The van der Waals surface area contributed by atoms with E-state index in [1.165, 1.54) is 5.56 Å². The highest BCUT2D eigenvalue weighted by atomic mass is 32.2. The number of ether oxygens (including phenoxy) is 1. The molecule has 0 aliphatic rings. The van der Waals surface area contributed by atoms with Crippen molar-refractivity contribution in [2.45, 2.75) is 33.1 Å². The molecule has 0 fully saturated rings. The molecular formula is C14H23NO3S. The van der Waals surface area contributed by atoms with Gasteiger partial charge in [0.25, 0.3) is 0 Å². The Morgan fingerprint density at radius 1 is 1.26 bits per heavy atom. The predicted octanol–water partition coefficient (Wildman–Crippen LogP) is 2.35. The average molecular weight is 285 g/mol. The zero-order valence-corrected chi connectivity index (χ0v) is 12.5. The smallest absolute Gasteiger partial charge is 0.211 e. The van der Waals surface area contributed by atoms with E-state index in [4.69, 9.17) is 4.74 Å². The lowest BCUT2D eigenvalue weighted by Gasteiger charge is -2.09. The van der Waals surface area contributed by atoms with Gasteiger partial charge in [-0.15, -0.1) is 0 Å². The normalized spacial score (nSPS) is 11.5. The largest absolute Gasteiger partial charge is 0.492 e. The van der Waals surface area contributed by atoms with Crippen LogP contribution in [0.2, 0.25) is 0 Å². The Labute approximate surface area is 116 Å². The summed E-state index contributed by atoms with van der Waals surface area (Å²) in [6, 6.07) is 7.84. The fourth-order valence-electron chi connectivity index (χ4n) is 1.63. The average Bonchev–Trinajstić information content (AvgIpc) is 2.42. The fraction of sp³-hybridized carbons (Fsp3) is 0.571. The molecule has 1 rings (SSSR count). The lowest BCUT2D eigenvalue weighted by atomic mass is 10.2. The third-order valence-electron chi connectivity index (χ3n) is 2.77. The molecule has 0 aromatic heterocycles. The molecule has 0 amide bonds. The first-order chi connectivity index (χ1) is 9.07. The summed E-state index contributed by atoms with van der Waals surface area (Å²) in [5.41, 5.74) is 1.21. The van der Waals surface area contributed by atoms with Gasteiger partial charge in [0, 0.05) is 6.54 Å². The minimum Gasteiger partial charge on any atom is -0.492 e. The molecule has 0 saturated heterocycles. The molecule has 0 radical (unpaired) electrons. The molecule has 0 heterocycles. The topological polar surface area (TPSA) is 55.4 Å². The molecule has 4 nitrogen and oxygen atoms in total. The van der Waals surface area contributed by atoms with E-state index in [9.17, 15) is 8.42 Å². The van der Waals surface area contributed by atoms with Crippen LogP contribution in [0.15, 0.2) is 24.3 Å². The van der Waals surface area contributed by atoms with Gasteiger partial charge in [-0.05, 0) is 30.5 Å². The Morgan fingerprint density at radius 2 is 2.05 bits per heavy atom. The monoisotopic (exact) mass is 285 g/mol. The van der Waals surface area contributed by atoms with E-state index in [0.29, 0.717) is 19.6 Å². The zero-order chi connectivity index (χ0) is 14.1. The Balaban J connectivity index is 2.30. The standard InChI is InChI=1S/C14H23NO3S/c1-3-5-11-19(16,17)15-9-10-18-14-8-6-7-13(4-2)12-14/h6-8,12,15H,3-5,9-11H2,1-2H3. The van der Waals surface area contributed by atoms with Gasteiger partial charge in [0.1, 0.15) is 12.4 Å². The maximum atomic E-state index is 11.5. The van der Waals surface area contributed by atoms with Crippen LogP contribution in [0, 0.1) is 0 Å². The second-order valence-corrected chi connectivity index (χ2v) is 6.34. The molecule has 0 spiro atoms. The molecule has 1 aromatic carbocycles. The van der Waals surface area contributed by atoms with Gasteiger partial charge >= 0.3 is 0 Å². The summed E-state index contributed by atoms with van der Waals surface area (Å²) in [5.74, 6) is 0.974. The maximum Gasteiger partial charge on any atom is 0.211 e. The SMILES string of the molecule is CCCCS(=O)(=O)NCCOc1cccc(CC)c1. The number of benzene rings is 1. The number of hydrogen-bond donors (Lipinski definition) is 1. The Kier molecular flexibility index (Phi) is 6.87. The van der Waals surface area contributed by atoms with Gasteiger partial charge in [0.2, 0.25) is 10.0 Å². The molecule has 0 aliphatic carbocycles. The van der Waals surface area contributed by atoms with Crippen molar-refractivity contribution in [2.24, 2.45) is 0 Å². The first-order valence-electron chi connectivity index (χ1n) is 6.76. The molecule has 108 valence electrons. The molecule has 0 aliphatic heterocycles. The summed E-state index contributed by atoms with van der Waals surface area (Å²) in [4.78, 5) is 0. The molecule has 1 aromatic rings. The number of nitrogens with one attached hydrogen (secondary N) is 1. The minimum atomic E-state index is -3.14. The summed E-state index contributed by atoms with van der Waals surface area (Å²) in [6.07, 6.45) is 2.52. The third-order valence-corrected chi connectivity index (χ3v) is 4.24. The first-order valence-corrected chi connectivity index (χ1v) is 8.41. The Morgan fingerprint density at radius 3 is 2.74 bits per heavy atom. The molecule has 0 unspecified atom stereocenters. The fourth-order valence-corrected chi connectivity index (χ4v) is 2.84. The number of hydrogen-bond acceptors (Lipinski definition) is 3. The van der Waals surface area contributed by atoms with Crippen LogP contribution in [0.4, 0.5) is 0 Å². The number of rotatable bonds is 9. The van der Waals surface area contributed by atoms with Gasteiger partial charge in [-0.25, -0.2) is 13.1 Å². The van der Waals surface area contributed by atoms with Crippen LogP contribution in [0.3, 0.4) is 0 Å². The molecule has 19 heavy (non-hydrogen) atoms. The van der Waals surface area contributed by atoms with Crippen molar-refractivity contribution in [1.82, 2.24) is 4.72 Å². The van der Waals surface area contributed by atoms with Crippen molar-refractivity contribution < 1.29 is 13.2 Å². The van der Waals surface area contributed by atoms with Crippen LogP contribution in [-0.4, -0.2) is 27.3 Å². The van der Waals surface area contributed by atoms with Crippen molar-refractivity contribution >= 4 is 10.0 Å². The Hall–Kier alpha value is -1.07. The maximum absolute atomic E-state index is 11.5. The summed E-state index contributed by atoms with van der Waals surface area (Å²) in [7, 11) is -3.14. The van der Waals surface area contributed by atoms with Crippen LogP contribution in [0.5, 0.6) is 5.75 Å². The molecule has 5 heteroatoms. The van der Waals surface area contributed by atoms with Crippen molar-refractivity contribution in [3.63, 3.8) is 0 Å². The lowest BCUT2D eigenvalue weighted by Crippen LogP contribution is -2.30. The number of unbranched alkanes of at least 4 members (excludes halogenated alkanes) is 1. The predicted molar refractivity (Wildman–Crippen MR) is 78.0 cm³/mol. The summed E-state index contributed by atoms with van der Waals surface area (Å²) in [6.45, 7) is 4.71. The number of aryl methyl sites for hydroxylation is 1. The van der Waals surface area contributed by atoms with Crippen molar-refractivity contribution in [2.75, 3.05) is 18.9 Å². The van der Waals surface area contributed by atoms with Crippen LogP contribution < -0.4 is 9.46 Å². The zero-order valence-electron chi connectivity index (χ0n) is 11.7. The van der Waals surface area contributed by atoms with E-state index in [1.807, 2.05) is 31.2 Å². The minimum absolute atomic E-state index is 0.189. The van der Waals surface area contributed by atoms with E-state index in [0.717, 1.165) is 18.6 Å². The second kappa shape index (κ2) is 8.17. The summed E-state index contributed by atoms with van der Waals surface area (Å²) < 4.78 is 31.1. The van der Waals surface area contributed by atoms with Crippen LogP contribution >= 0.6 is 0 Å². The molecule has 0 saturated carbocycles. The van der Waals surface area contributed by atoms with Gasteiger partial charge < -0.3 is 4.74 Å². The molecular weight excluding hydrogens is 262 g/mol. The van der Waals surface area contributed by atoms with Gasteiger partial charge in [-0.2, -0.15) is 0 Å². The lowest BCUT2D eigenvalue weighted by molar-refractivity contribution is 0.322. The van der Waals surface area contributed by atoms with E-state index < -0.39 is 10.0 Å². The van der Waals surface area contributed by atoms with Crippen LogP contribution in [-0.2, 0) is 16.4 Å². The third kappa shape index (κ3) is 6.59. The van der Waals surface area contributed by atoms with Crippen LogP contribution in [0.25, 0.3) is 0 Å². The number of sulfonamides is 1. The van der Waals surface area contributed by atoms with Crippen molar-refractivity contribution in [1.29, 1.82) is 0 Å². The van der Waals surface area contributed by atoms with Crippen molar-refractivity contribution in [3.05, 3.63) is 29.8 Å². The molecule has 1 N–H and O–H groups in total. The molecule has 0 atom stereocenters. The van der Waals surface area contributed by atoms with E-state index in [-0.39, 0.29) is 5.75 Å². The summed E-state index contributed by atoms with van der Waals surface area (Å²) in [5, 5.41) is 0. The van der Waals surface area contributed by atoms with Crippen LogP contribution in [0.1, 0.15) is 32.3 Å². The first kappa shape index (κ1) is 16.0. The van der Waals surface area contributed by atoms with E-state index in [1.54, 1.807) is 0 Å². The second-order valence-electron chi connectivity index (χ2n) is 4.42. The Bertz CT molecular complexity index is 471. The highest BCUT2D eigenvalue weighted by molar-refractivity contribution is 7.89. The molecule has 0 bridgehead atoms. The summed E-state index contributed by atoms with van der Waals surface area (Å²) >= 11 is 0. The van der Waals surface area contributed by atoms with Gasteiger partial charge in [-0.3, -0.25) is 0 Å². The van der Waals surface area contributed by atoms with Gasteiger partial charge in [0.05, 0.1) is 5.75 Å². The highest BCUT2D eigenvalue weighted by Gasteiger charge is 2.08. The van der Waals surface area contributed by atoms with Gasteiger partial charge in [0.15, 0.2) is 0 Å². The van der Waals surface area contributed by atoms with E-state index in [2.05, 4.69) is 11.6 Å². The quantitative estimate of drug-likeness (QED) is 0.709. The van der Waals surface area contributed by atoms with E-state index >= 15 is 0 Å². The highest BCUT2D eigenvalue weighted by Crippen LogP contribution is 2.13. The van der Waals surface area contributed by atoms with Crippen molar-refractivity contribution in [3.8, 4) is 5.75 Å².